The van der Waals surface area contributed by atoms with Gasteiger partial charge in [-0.2, -0.15) is 13.2 Å². The van der Waals surface area contributed by atoms with E-state index >= 15 is 13.2 Å². The summed E-state index contributed by atoms with van der Waals surface area (Å²) in [6.45, 7) is 20.2. The maximum Gasteiger partial charge on any atom is 0.416 e. The number of hydrogen-bond acceptors (Lipinski definition) is 5. The highest BCUT2D eigenvalue weighted by Gasteiger charge is 2.45. The number of alkyl halides is 3. The lowest BCUT2D eigenvalue weighted by atomic mass is 9.33. The standard InChI is InChI=1S/C76H64BF3N6/c1-73(2,3)51-32-38-64-60(44-51)77-61-45-52(74(4,5)6)33-39-65(61)85(56-28-20-13-21-29-56)68-42-50(41-67(69(68)77)84(64)55-26-18-12-19-27-55)49-30-36-62-58(40-49)57-35-31-53(75(7,8)9)46-66(57)86(62)63-37-34-54(76(78,79)80)43-59(63)72-82-70(47-22-14-10-15-23-47)81-71(83-72)48-24-16-11-17-25-48/h10-46H,1-9H3. The van der Waals surface area contributed by atoms with Crippen LogP contribution in [0.2, 0.25) is 0 Å². The first-order valence-corrected chi connectivity index (χ1v) is 29.5. The molecule has 10 heteroatoms. The molecule has 86 heavy (non-hydrogen) atoms. The van der Waals surface area contributed by atoms with Crippen molar-refractivity contribution in [2.45, 2.75) is 84.7 Å². The van der Waals surface area contributed by atoms with Gasteiger partial charge in [0, 0.05) is 61.6 Å². The molecule has 422 valence electrons. The zero-order valence-electron chi connectivity index (χ0n) is 49.8. The minimum absolute atomic E-state index is 0.101. The van der Waals surface area contributed by atoms with Gasteiger partial charge in [-0.15, -0.1) is 0 Å². The molecular weight excluding hydrogens is 1060 g/mol. The molecule has 14 rings (SSSR count). The average molecular weight is 1130 g/mol. The lowest BCUT2D eigenvalue weighted by Gasteiger charge is -2.45. The molecule has 0 unspecified atom stereocenters. The van der Waals surface area contributed by atoms with Crippen molar-refractivity contribution in [1.29, 1.82) is 0 Å². The Morgan fingerprint density at radius 3 is 1.27 bits per heavy atom. The van der Waals surface area contributed by atoms with E-state index < -0.39 is 11.7 Å². The molecule has 0 atom stereocenters. The van der Waals surface area contributed by atoms with Crippen molar-refractivity contribution >= 4 is 79.0 Å². The first-order valence-electron chi connectivity index (χ1n) is 29.5. The summed E-state index contributed by atoms with van der Waals surface area (Å²) in [5, 5.41) is 1.90. The highest BCUT2D eigenvalue weighted by molar-refractivity contribution is 7.00. The summed E-state index contributed by atoms with van der Waals surface area (Å²) in [5.41, 5.74) is 18.5. The van der Waals surface area contributed by atoms with Gasteiger partial charge in [-0.25, -0.2) is 15.0 Å². The van der Waals surface area contributed by atoms with Crippen molar-refractivity contribution < 1.29 is 13.2 Å². The number of aromatic nitrogens is 4. The Bertz CT molecular complexity index is 4450. The van der Waals surface area contributed by atoms with Crippen molar-refractivity contribution in [3.63, 3.8) is 0 Å². The number of hydrogen-bond donors (Lipinski definition) is 0. The van der Waals surface area contributed by atoms with Gasteiger partial charge < -0.3 is 14.4 Å². The zero-order chi connectivity index (χ0) is 59.6. The summed E-state index contributed by atoms with van der Waals surface area (Å²) in [5.74, 6) is 0.822. The van der Waals surface area contributed by atoms with Crippen LogP contribution in [0.4, 0.5) is 47.3 Å². The quantitative estimate of drug-likeness (QED) is 0.149. The molecule has 6 nitrogen and oxygen atoms in total. The molecule has 0 bridgehead atoms. The Kier molecular flexibility index (Phi) is 12.7. The second-order valence-corrected chi connectivity index (χ2v) is 26.1. The van der Waals surface area contributed by atoms with Gasteiger partial charge in [-0.05, 0) is 145 Å². The Balaban J connectivity index is 1.04. The van der Waals surface area contributed by atoms with Gasteiger partial charge in [0.2, 0.25) is 0 Å². The second-order valence-electron chi connectivity index (χ2n) is 26.1. The third kappa shape index (κ3) is 9.34. The van der Waals surface area contributed by atoms with Gasteiger partial charge in [-0.1, -0.05) is 202 Å². The molecule has 0 saturated carbocycles. The van der Waals surface area contributed by atoms with Crippen molar-refractivity contribution in [2.75, 3.05) is 9.80 Å². The van der Waals surface area contributed by atoms with Gasteiger partial charge in [0.05, 0.1) is 22.3 Å². The van der Waals surface area contributed by atoms with Crippen molar-refractivity contribution in [2.24, 2.45) is 0 Å². The summed E-state index contributed by atoms with van der Waals surface area (Å²) in [6.07, 6.45) is -4.66. The smallest absolute Gasteiger partial charge is 0.311 e. The second kappa shape index (κ2) is 20.1. The number of fused-ring (bicyclic) bond motifs is 7. The van der Waals surface area contributed by atoms with Crippen molar-refractivity contribution in [1.82, 2.24) is 19.5 Å². The molecule has 0 N–H and O–H groups in total. The van der Waals surface area contributed by atoms with E-state index in [1.54, 1.807) is 6.07 Å². The molecule has 2 aliphatic heterocycles. The maximum atomic E-state index is 15.2. The Morgan fingerprint density at radius 1 is 0.337 bits per heavy atom. The molecule has 0 spiro atoms. The predicted octanol–water partition coefficient (Wildman–Crippen LogP) is 18.6. The molecular formula is C76H64BF3N6. The minimum atomic E-state index is -4.66. The molecule has 12 aromatic rings. The van der Waals surface area contributed by atoms with Gasteiger partial charge in [0.25, 0.3) is 6.71 Å². The third-order valence-electron chi connectivity index (χ3n) is 17.3. The first-order chi connectivity index (χ1) is 41.2. The van der Waals surface area contributed by atoms with Crippen molar-refractivity contribution in [3.05, 3.63) is 247 Å². The molecule has 0 aliphatic carbocycles. The van der Waals surface area contributed by atoms with Crippen LogP contribution in [-0.4, -0.2) is 26.2 Å². The van der Waals surface area contributed by atoms with Crippen LogP contribution in [0.1, 0.15) is 84.6 Å². The molecule has 0 radical (unpaired) electrons. The highest BCUT2D eigenvalue weighted by Crippen LogP contribution is 2.49. The van der Waals surface area contributed by atoms with E-state index in [1.807, 2.05) is 60.7 Å². The maximum absolute atomic E-state index is 15.2. The van der Waals surface area contributed by atoms with Gasteiger partial charge >= 0.3 is 6.18 Å². The largest absolute Gasteiger partial charge is 0.416 e. The fraction of sp³-hybridized carbons (Fsp3) is 0.171. The van der Waals surface area contributed by atoms with E-state index in [2.05, 4.69) is 222 Å². The Hall–Kier alpha value is -9.54. The molecule has 0 fully saturated rings. The zero-order valence-corrected chi connectivity index (χ0v) is 49.8. The van der Waals surface area contributed by atoms with Crippen LogP contribution >= 0.6 is 0 Å². The normalized spacial score (nSPS) is 13.3. The average Bonchev–Trinajstić information content (AvgIpc) is 0.738. The number of halogens is 3. The van der Waals surface area contributed by atoms with Crippen LogP contribution in [0, 0.1) is 0 Å². The fourth-order valence-electron chi connectivity index (χ4n) is 12.8. The van der Waals surface area contributed by atoms with Gasteiger partial charge in [0.15, 0.2) is 17.5 Å². The van der Waals surface area contributed by atoms with E-state index in [4.69, 9.17) is 15.0 Å². The number of para-hydroxylation sites is 2. The molecule has 2 aliphatic rings. The van der Waals surface area contributed by atoms with Crippen LogP contribution < -0.4 is 26.2 Å². The monoisotopic (exact) mass is 1130 g/mol. The number of benzene rings is 10. The number of nitrogens with zero attached hydrogens (tertiary/aromatic N) is 6. The van der Waals surface area contributed by atoms with Crippen LogP contribution in [0.5, 0.6) is 0 Å². The molecule has 0 saturated heterocycles. The van der Waals surface area contributed by atoms with E-state index in [9.17, 15) is 0 Å². The number of anilines is 6. The van der Waals surface area contributed by atoms with Gasteiger partial charge in [0.1, 0.15) is 0 Å². The number of rotatable bonds is 7. The molecule has 10 aromatic carbocycles. The lowest BCUT2D eigenvalue weighted by molar-refractivity contribution is -0.137. The van der Waals surface area contributed by atoms with E-state index in [0.717, 1.165) is 72.6 Å². The van der Waals surface area contributed by atoms with E-state index in [1.165, 1.54) is 39.6 Å². The summed E-state index contributed by atoms with van der Waals surface area (Å²) in [6, 6.07) is 76.4. The van der Waals surface area contributed by atoms with Crippen LogP contribution in [0.3, 0.4) is 0 Å². The van der Waals surface area contributed by atoms with Crippen LogP contribution in [-0.2, 0) is 22.4 Å². The van der Waals surface area contributed by atoms with E-state index in [-0.39, 0.29) is 34.3 Å². The Labute approximate surface area is 501 Å². The molecule has 4 heterocycles. The molecule has 0 amide bonds. The molecule has 2 aromatic heterocycles. The predicted molar refractivity (Wildman–Crippen MR) is 351 cm³/mol. The minimum Gasteiger partial charge on any atom is -0.311 e. The van der Waals surface area contributed by atoms with Crippen LogP contribution in [0.15, 0.2) is 224 Å². The van der Waals surface area contributed by atoms with Crippen molar-refractivity contribution in [3.8, 4) is 51.0 Å². The van der Waals surface area contributed by atoms with E-state index in [0.29, 0.717) is 28.5 Å². The highest BCUT2D eigenvalue weighted by atomic mass is 19.4. The lowest BCUT2D eigenvalue weighted by Crippen LogP contribution is -2.61. The third-order valence-corrected chi connectivity index (χ3v) is 17.3. The topological polar surface area (TPSA) is 50.1 Å². The fourth-order valence-corrected chi connectivity index (χ4v) is 12.8. The Morgan fingerprint density at radius 2 is 0.779 bits per heavy atom. The summed E-state index contributed by atoms with van der Waals surface area (Å²) in [7, 11) is 0. The SMILES string of the molecule is CC(C)(C)c1ccc2c(c1)B1c3cc(C(C)(C)C)ccc3N(c3ccccc3)c3cc(-c4ccc5c(c4)c4ccc(C(C)(C)C)cc4n5-c4ccc(C(F)(F)F)cc4-c4nc(-c5ccccc5)nc(-c5ccccc5)n4)cc(c31)N2c1ccccc1. The van der Waals surface area contributed by atoms with Crippen LogP contribution in [0.25, 0.3) is 72.8 Å². The first kappa shape index (κ1) is 54.4. The summed E-state index contributed by atoms with van der Waals surface area (Å²) < 4.78 is 47.6. The summed E-state index contributed by atoms with van der Waals surface area (Å²) >= 11 is 0. The summed E-state index contributed by atoms with van der Waals surface area (Å²) in [4.78, 5) is 19.9. The van der Waals surface area contributed by atoms with Gasteiger partial charge in [-0.3, -0.25) is 0 Å².